The van der Waals surface area contributed by atoms with E-state index >= 15 is 0 Å². The van der Waals surface area contributed by atoms with Crippen molar-refractivity contribution in [3.05, 3.63) is 41.7 Å². The van der Waals surface area contributed by atoms with Gasteiger partial charge in [0.25, 0.3) is 0 Å². The lowest BCUT2D eigenvalue weighted by Crippen LogP contribution is -2.69. The number of ether oxygens (including phenoxy) is 1. The van der Waals surface area contributed by atoms with Gasteiger partial charge in [-0.1, -0.05) is 11.6 Å². The van der Waals surface area contributed by atoms with Crippen LogP contribution in [0, 0.1) is 0 Å². The van der Waals surface area contributed by atoms with Crippen LogP contribution in [-0.4, -0.2) is 57.8 Å². The van der Waals surface area contributed by atoms with Gasteiger partial charge in [-0.3, -0.25) is 14.7 Å². The number of nitrogens with zero attached hydrogens (tertiary/aromatic N) is 2. The van der Waals surface area contributed by atoms with Crippen LogP contribution >= 0.6 is 0 Å². The summed E-state index contributed by atoms with van der Waals surface area (Å²) in [5.41, 5.74) is 1.24. The summed E-state index contributed by atoms with van der Waals surface area (Å²) in [4.78, 5) is 18.9. The van der Waals surface area contributed by atoms with Crippen LogP contribution in [0.4, 0.5) is 0 Å². The SMILES string of the molecule is CC(C)=CCCC(=O)N[C@@]1(C)CCOC2(CCN(Cc3ccncc3)CC2)[C@@H]1O. The highest BCUT2D eigenvalue weighted by Gasteiger charge is 2.53. The van der Waals surface area contributed by atoms with Crippen LogP contribution in [0.15, 0.2) is 36.2 Å². The molecule has 6 nitrogen and oxygen atoms in total. The van der Waals surface area contributed by atoms with Crippen molar-refractivity contribution in [1.82, 2.24) is 15.2 Å². The van der Waals surface area contributed by atoms with Gasteiger partial charge in [-0.2, -0.15) is 0 Å². The van der Waals surface area contributed by atoms with Gasteiger partial charge < -0.3 is 15.2 Å². The number of aromatic nitrogens is 1. The van der Waals surface area contributed by atoms with E-state index in [2.05, 4.69) is 21.3 Å². The molecule has 1 aromatic rings. The number of nitrogens with one attached hydrogen (secondary N) is 1. The van der Waals surface area contributed by atoms with Gasteiger partial charge in [-0.25, -0.2) is 0 Å². The maximum Gasteiger partial charge on any atom is 0.220 e. The van der Waals surface area contributed by atoms with E-state index in [9.17, 15) is 9.90 Å². The van der Waals surface area contributed by atoms with E-state index in [1.165, 1.54) is 11.1 Å². The van der Waals surface area contributed by atoms with E-state index in [1.54, 1.807) is 0 Å². The number of pyridine rings is 1. The smallest absolute Gasteiger partial charge is 0.220 e. The van der Waals surface area contributed by atoms with Crippen molar-refractivity contribution in [2.45, 2.75) is 76.7 Å². The molecule has 6 heteroatoms. The summed E-state index contributed by atoms with van der Waals surface area (Å²) in [6.45, 7) is 9.20. The first-order chi connectivity index (χ1) is 13.8. The normalized spacial score (nSPS) is 26.8. The van der Waals surface area contributed by atoms with E-state index in [4.69, 9.17) is 4.74 Å². The zero-order chi connectivity index (χ0) is 20.9. The Morgan fingerprint density at radius 1 is 1.31 bits per heavy atom. The third kappa shape index (κ3) is 5.44. The van der Waals surface area contributed by atoms with Gasteiger partial charge >= 0.3 is 0 Å². The molecule has 2 aliphatic rings. The Labute approximate surface area is 174 Å². The van der Waals surface area contributed by atoms with Crippen molar-refractivity contribution >= 4 is 5.91 Å². The average molecular weight is 402 g/mol. The van der Waals surface area contributed by atoms with E-state index in [1.807, 2.05) is 45.3 Å². The lowest BCUT2D eigenvalue weighted by atomic mass is 9.73. The maximum absolute atomic E-state index is 12.5. The molecule has 0 aliphatic carbocycles. The first kappa shape index (κ1) is 21.9. The van der Waals surface area contributed by atoms with Gasteiger partial charge in [-0.05, 0) is 64.2 Å². The molecule has 3 heterocycles. The number of carbonyl (C=O) groups excluding carboxylic acids is 1. The minimum absolute atomic E-state index is 0.00350. The second-order valence-corrected chi connectivity index (χ2v) is 8.98. The molecule has 1 amide bonds. The molecule has 0 bridgehead atoms. The molecule has 0 radical (unpaired) electrons. The molecule has 1 aromatic heterocycles. The highest BCUT2D eigenvalue weighted by atomic mass is 16.5. The highest BCUT2D eigenvalue weighted by Crippen LogP contribution is 2.40. The highest BCUT2D eigenvalue weighted by molar-refractivity contribution is 5.77. The number of rotatable bonds is 6. The fraction of sp³-hybridized carbons (Fsp3) is 0.652. The monoisotopic (exact) mass is 401 g/mol. The summed E-state index contributed by atoms with van der Waals surface area (Å²) < 4.78 is 6.16. The Balaban J connectivity index is 1.58. The third-order valence-electron chi connectivity index (χ3n) is 6.32. The average Bonchev–Trinajstić information content (AvgIpc) is 2.68. The molecule has 3 rings (SSSR count). The van der Waals surface area contributed by atoms with Crippen LogP contribution in [0.3, 0.4) is 0 Å². The molecule has 2 atom stereocenters. The molecule has 160 valence electrons. The maximum atomic E-state index is 12.5. The van der Waals surface area contributed by atoms with Crippen LogP contribution in [0.2, 0.25) is 0 Å². The Morgan fingerprint density at radius 2 is 2.00 bits per heavy atom. The van der Waals surface area contributed by atoms with Crippen molar-refractivity contribution in [2.24, 2.45) is 0 Å². The number of likely N-dealkylation sites (tertiary alicyclic amines) is 1. The third-order valence-corrected chi connectivity index (χ3v) is 6.32. The van der Waals surface area contributed by atoms with Crippen LogP contribution in [0.5, 0.6) is 0 Å². The molecular weight excluding hydrogens is 366 g/mol. The zero-order valence-corrected chi connectivity index (χ0v) is 18.0. The van der Waals surface area contributed by atoms with Gasteiger partial charge in [0.05, 0.1) is 11.1 Å². The minimum Gasteiger partial charge on any atom is -0.388 e. The van der Waals surface area contributed by atoms with Crippen LogP contribution in [0.25, 0.3) is 0 Å². The summed E-state index contributed by atoms with van der Waals surface area (Å²) in [6, 6.07) is 4.08. The molecule has 0 aromatic carbocycles. The molecule has 2 aliphatic heterocycles. The number of amides is 1. The second kappa shape index (κ2) is 9.37. The summed E-state index contributed by atoms with van der Waals surface area (Å²) in [7, 11) is 0. The lowest BCUT2D eigenvalue weighted by molar-refractivity contribution is -0.208. The van der Waals surface area contributed by atoms with E-state index in [-0.39, 0.29) is 5.91 Å². The summed E-state index contributed by atoms with van der Waals surface area (Å²) in [5.74, 6) is -0.00350. The van der Waals surface area contributed by atoms with Crippen LogP contribution in [-0.2, 0) is 16.1 Å². The van der Waals surface area contributed by atoms with Crippen molar-refractivity contribution in [3.63, 3.8) is 0 Å². The van der Waals surface area contributed by atoms with Crippen molar-refractivity contribution in [1.29, 1.82) is 0 Å². The molecule has 2 saturated heterocycles. The fourth-order valence-electron chi connectivity index (χ4n) is 4.52. The fourth-order valence-corrected chi connectivity index (χ4v) is 4.52. The Hall–Kier alpha value is -1.76. The number of hydrogen-bond acceptors (Lipinski definition) is 5. The number of carbonyl (C=O) groups is 1. The van der Waals surface area contributed by atoms with Gasteiger partial charge in [0.1, 0.15) is 6.10 Å². The molecule has 0 saturated carbocycles. The van der Waals surface area contributed by atoms with Gasteiger partial charge in [0, 0.05) is 45.1 Å². The number of allylic oxidation sites excluding steroid dienone is 2. The van der Waals surface area contributed by atoms with Crippen molar-refractivity contribution in [2.75, 3.05) is 19.7 Å². The Bertz CT molecular complexity index is 709. The van der Waals surface area contributed by atoms with Gasteiger partial charge in [-0.15, -0.1) is 0 Å². The van der Waals surface area contributed by atoms with Crippen LogP contribution in [0.1, 0.15) is 58.4 Å². The lowest BCUT2D eigenvalue weighted by Gasteiger charge is -2.53. The topological polar surface area (TPSA) is 74.7 Å². The zero-order valence-electron chi connectivity index (χ0n) is 18.0. The second-order valence-electron chi connectivity index (χ2n) is 8.98. The molecule has 29 heavy (non-hydrogen) atoms. The molecule has 2 N–H and O–H groups in total. The summed E-state index contributed by atoms with van der Waals surface area (Å²) in [6.07, 6.45) is 8.34. The summed E-state index contributed by atoms with van der Waals surface area (Å²) in [5, 5.41) is 14.4. The predicted octanol–water partition coefficient (Wildman–Crippen LogP) is 2.82. The minimum atomic E-state index is -0.709. The molecule has 1 spiro atoms. The Kier molecular flexibility index (Phi) is 7.09. The standard InChI is InChI=1S/C23H35N3O3/c1-18(2)5-4-6-20(27)25-22(3)11-16-29-23(21(22)28)9-14-26(15-10-23)17-19-7-12-24-13-8-19/h5,7-8,12-13,21,28H,4,6,9-11,14-17H2,1-3H3,(H,25,27)/t21-,22+/m1/s1. The van der Waals surface area contributed by atoms with Crippen molar-refractivity contribution < 1.29 is 14.6 Å². The molecule has 2 fully saturated rings. The van der Waals surface area contributed by atoms with E-state index < -0.39 is 17.2 Å². The first-order valence-corrected chi connectivity index (χ1v) is 10.7. The molecular formula is C23H35N3O3. The predicted molar refractivity (Wildman–Crippen MR) is 113 cm³/mol. The summed E-state index contributed by atoms with van der Waals surface area (Å²) >= 11 is 0. The van der Waals surface area contributed by atoms with Gasteiger partial charge in [0.15, 0.2) is 0 Å². The van der Waals surface area contributed by atoms with Gasteiger partial charge in [0.2, 0.25) is 5.91 Å². The molecule has 0 unspecified atom stereocenters. The van der Waals surface area contributed by atoms with Crippen molar-refractivity contribution in [3.8, 4) is 0 Å². The Morgan fingerprint density at radius 3 is 2.66 bits per heavy atom. The quantitative estimate of drug-likeness (QED) is 0.717. The first-order valence-electron chi connectivity index (χ1n) is 10.7. The number of aliphatic hydroxyl groups excluding tert-OH is 1. The van der Waals surface area contributed by atoms with E-state index in [0.29, 0.717) is 19.4 Å². The van der Waals surface area contributed by atoms with E-state index in [0.717, 1.165) is 38.9 Å². The number of hydrogen-bond donors (Lipinski definition) is 2. The van der Waals surface area contributed by atoms with Crippen LogP contribution < -0.4 is 5.32 Å². The number of piperidine rings is 1. The largest absolute Gasteiger partial charge is 0.388 e. The number of aliphatic hydroxyl groups is 1.